The highest BCUT2D eigenvalue weighted by Crippen LogP contribution is 2.26. The van der Waals surface area contributed by atoms with Crippen molar-refractivity contribution in [3.8, 4) is 0 Å². The molecule has 0 radical (unpaired) electrons. The van der Waals surface area contributed by atoms with Crippen molar-refractivity contribution in [3.05, 3.63) is 112 Å². The van der Waals surface area contributed by atoms with Gasteiger partial charge >= 0.3 is 12.1 Å². The first-order chi connectivity index (χ1) is 19.3. The molecule has 3 aromatic carbocycles. The molecule has 1 heterocycles. The third kappa shape index (κ3) is 7.51. The van der Waals surface area contributed by atoms with Gasteiger partial charge in [0.25, 0.3) is 0 Å². The van der Waals surface area contributed by atoms with E-state index in [1.54, 1.807) is 19.1 Å². The van der Waals surface area contributed by atoms with Crippen molar-refractivity contribution in [2.45, 2.75) is 26.1 Å². The fourth-order valence-electron chi connectivity index (χ4n) is 3.85. The van der Waals surface area contributed by atoms with Gasteiger partial charge in [0.15, 0.2) is 0 Å². The first kappa shape index (κ1) is 28.4. The number of fused-ring (bicyclic) bond motifs is 1. The first-order valence-corrected chi connectivity index (χ1v) is 13.3. The third-order valence-corrected chi connectivity index (χ3v) is 7.03. The Kier molecular flexibility index (Phi) is 9.58. The molecule has 0 saturated heterocycles. The highest BCUT2D eigenvalue weighted by Gasteiger charge is 2.23. The molecule has 206 valence electrons. The van der Waals surface area contributed by atoms with Gasteiger partial charge in [-0.25, -0.2) is 19.0 Å². The van der Waals surface area contributed by atoms with Gasteiger partial charge in [0.1, 0.15) is 23.5 Å². The Morgan fingerprint density at radius 3 is 2.40 bits per heavy atom. The van der Waals surface area contributed by atoms with Crippen LogP contribution in [0.2, 0.25) is 0 Å². The smallest absolute Gasteiger partial charge is 0.408 e. The Morgan fingerprint density at radius 2 is 1.70 bits per heavy atom. The Morgan fingerprint density at radius 1 is 1.00 bits per heavy atom. The fraction of sp³-hybridized carbons (Fsp3) is 0.200. The number of halogens is 1. The molecule has 0 fully saturated rings. The minimum atomic E-state index is -1.26. The average molecular weight is 562 g/mol. The molecular formula is C30H28FN3O5S. The van der Waals surface area contributed by atoms with E-state index in [9.17, 15) is 14.4 Å². The summed E-state index contributed by atoms with van der Waals surface area (Å²) in [6.45, 7) is 1.76. The second-order valence-electron chi connectivity index (χ2n) is 8.89. The maximum atomic E-state index is 15.6. The van der Waals surface area contributed by atoms with E-state index >= 15 is 4.39 Å². The Hall–Kier alpha value is -4.57. The van der Waals surface area contributed by atoms with Gasteiger partial charge < -0.3 is 20.1 Å². The summed E-state index contributed by atoms with van der Waals surface area (Å²) in [5.41, 5.74) is 2.23. The molecular weight excluding hydrogens is 533 g/mol. The van der Waals surface area contributed by atoms with Crippen LogP contribution in [-0.2, 0) is 27.4 Å². The highest BCUT2D eigenvalue weighted by atomic mass is 32.1. The fourth-order valence-corrected chi connectivity index (χ4v) is 4.76. The lowest BCUT2D eigenvalue weighted by Gasteiger charge is -2.19. The largest absolute Gasteiger partial charge is 0.465 e. The van der Waals surface area contributed by atoms with Crippen molar-refractivity contribution in [1.82, 2.24) is 15.6 Å². The van der Waals surface area contributed by atoms with E-state index in [2.05, 4.69) is 15.6 Å². The molecule has 4 aromatic rings. The maximum absolute atomic E-state index is 15.6. The molecule has 1 aromatic heterocycles. The normalized spacial score (nSPS) is 12.8. The zero-order chi connectivity index (χ0) is 28.5. The number of thiazole rings is 1. The molecule has 2 amide bonds. The number of amides is 2. The number of carbonyl (C=O) groups excluding carboxylic acids is 3. The number of esters is 1. The number of rotatable bonds is 10. The van der Waals surface area contributed by atoms with Gasteiger partial charge in [0.2, 0.25) is 5.91 Å². The second-order valence-corrected chi connectivity index (χ2v) is 10.0. The molecule has 1 unspecified atom stereocenters. The number of hydrogen-bond acceptors (Lipinski definition) is 7. The molecule has 0 saturated carbocycles. The van der Waals surface area contributed by atoms with E-state index in [1.165, 1.54) is 42.7 Å². The SMILES string of the molecule is COC(=O)c1ccc(C(NC(=O)OCc2ccccc2)/C(F)=C/[C@@H](C)C(=O)NCc2nc3ccccc3s2)cc1. The monoisotopic (exact) mass is 561 g/mol. The molecule has 2 atom stereocenters. The summed E-state index contributed by atoms with van der Waals surface area (Å²) in [7, 11) is 1.26. The Labute approximate surface area is 234 Å². The summed E-state index contributed by atoms with van der Waals surface area (Å²) < 4.78 is 26.6. The van der Waals surface area contributed by atoms with Crippen molar-refractivity contribution in [2.75, 3.05) is 7.11 Å². The first-order valence-electron chi connectivity index (χ1n) is 12.5. The molecule has 0 aliphatic heterocycles. The lowest BCUT2D eigenvalue weighted by atomic mass is 10.0. The minimum Gasteiger partial charge on any atom is -0.465 e. The van der Waals surface area contributed by atoms with Crippen LogP contribution in [0.4, 0.5) is 9.18 Å². The van der Waals surface area contributed by atoms with E-state index in [4.69, 9.17) is 9.47 Å². The summed E-state index contributed by atoms with van der Waals surface area (Å²) in [6, 6.07) is 21.4. The molecule has 2 N–H and O–H groups in total. The summed E-state index contributed by atoms with van der Waals surface area (Å²) in [5.74, 6) is -2.56. The Bertz CT molecular complexity index is 1470. The van der Waals surface area contributed by atoms with E-state index in [-0.39, 0.29) is 18.7 Å². The van der Waals surface area contributed by atoms with Crippen LogP contribution >= 0.6 is 11.3 Å². The topological polar surface area (TPSA) is 107 Å². The highest BCUT2D eigenvalue weighted by molar-refractivity contribution is 7.18. The van der Waals surface area contributed by atoms with Crippen LogP contribution in [-0.4, -0.2) is 30.1 Å². The number of carbonyl (C=O) groups is 3. The molecule has 10 heteroatoms. The van der Waals surface area contributed by atoms with E-state index in [0.717, 1.165) is 26.9 Å². The standard InChI is InChI=1S/C30H28FN3O5S/c1-19(28(35)32-17-26-33-24-10-6-7-11-25(24)40-26)16-23(31)27(21-12-14-22(15-13-21)29(36)38-2)34-30(37)39-18-20-8-4-3-5-9-20/h3-16,19,27H,17-18H2,1-2H3,(H,32,35)(H,34,37)/b23-16-/t19-,27?/m1/s1. The molecule has 4 rings (SSSR count). The number of para-hydroxylation sites is 1. The van der Waals surface area contributed by atoms with Gasteiger partial charge in [-0.15, -0.1) is 11.3 Å². The number of alkyl carbamates (subject to hydrolysis) is 1. The number of methoxy groups -OCH3 is 1. The number of aromatic nitrogens is 1. The van der Waals surface area contributed by atoms with Gasteiger partial charge in [-0.1, -0.05) is 54.6 Å². The zero-order valence-electron chi connectivity index (χ0n) is 21.9. The summed E-state index contributed by atoms with van der Waals surface area (Å²) in [5, 5.41) is 6.04. The number of ether oxygens (including phenoxy) is 2. The van der Waals surface area contributed by atoms with Crippen molar-refractivity contribution in [2.24, 2.45) is 5.92 Å². The van der Waals surface area contributed by atoms with Crippen molar-refractivity contribution in [1.29, 1.82) is 0 Å². The van der Waals surface area contributed by atoms with E-state index in [0.29, 0.717) is 5.56 Å². The average Bonchev–Trinajstić information content (AvgIpc) is 3.41. The van der Waals surface area contributed by atoms with E-state index < -0.39 is 35.8 Å². The molecule has 0 aliphatic rings. The summed E-state index contributed by atoms with van der Waals surface area (Å²) >= 11 is 1.47. The van der Waals surface area contributed by atoms with Crippen LogP contribution in [0.15, 0.2) is 90.8 Å². The predicted molar refractivity (Wildman–Crippen MR) is 150 cm³/mol. The minimum absolute atomic E-state index is 0.00339. The zero-order valence-corrected chi connectivity index (χ0v) is 22.7. The van der Waals surface area contributed by atoms with Gasteiger partial charge in [0, 0.05) is 0 Å². The van der Waals surface area contributed by atoms with Crippen LogP contribution in [0.3, 0.4) is 0 Å². The van der Waals surface area contributed by atoms with Crippen LogP contribution in [0.1, 0.15) is 39.5 Å². The van der Waals surface area contributed by atoms with Crippen LogP contribution in [0, 0.1) is 5.92 Å². The van der Waals surface area contributed by atoms with Gasteiger partial charge in [-0.3, -0.25) is 4.79 Å². The molecule has 0 bridgehead atoms. The van der Waals surface area contributed by atoms with E-state index in [1.807, 2.05) is 42.5 Å². The second kappa shape index (κ2) is 13.5. The Balaban J connectivity index is 1.46. The van der Waals surface area contributed by atoms with Gasteiger partial charge in [-0.05, 0) is 48.4 Å². The summed E-state index contributed by atoms with van der Waals surface area (Å²) in [4.78, 5) is 41.7. The lowest BCUT2D eigenvalue weighted by Crippen LogP contribution is -2.31. The summed E-state index contributed by atoms with van der Waals surface area (Å²) in [6.07, 6.45) is 0.298. The quantitative estimate of drug-likeness (QED) is 0.235. The van der Waals surface area contributed by atoms with Crippen LogP contribution in [0.5, 0.6) is 0 Å². The number of nitrogens with zero attached hydrogens (tertiary/aromatic N) is 1. The predicted octanol–water partition coefficient (Wildman–Crippen LogP) is 5.86. The molecule has 40 heavy (non-hydrogen) atoms. The van der Waals surface area contributed by atoms with Crippen molar-refractivity contribution >= 4 is 39.5 Å². The number of hydrogen-bond donors (Lipinski definition) is 2. The molecule has 0 aliphatic carbocycles. The van der Waals surface area contributed by atoms with Gasteiger partial charge in [-0.2, -0.15) is 0 Å². The third-order valence-electron chi connectivity index (χ3n) is 5.99. The lowest BCUT2D eigenvalue weighted by molar-refractivity contribution is -0.123. The number of nitrogens with one attached hydrogen (secondary N) is 2. The van der Waals surface area contributed by atoms with Crippen molar-refractivity contribution < 1.29 is 28.2 Å². The van der Waals surface area contributed by atoms with Crippen molar-refractivity contribution in [3.63, 3.8) is 0 Å². The molecule has 8 nitrogen and oxygen atoms in total. The molecule has 0 spiro atoms. The maximum Gasteiger partial charge on any atom is 0.408 e. The van der Waals surface area contributed by atoms with Crippen LogP contribution < -0.4 is 10.6 Å². The van der Waals surface area contributed by atoms with Gasteiger partial charge in [0.05, 0.1) is 35.4 Å². The van der Waals surface area contributed by atoms with Crippen LogP contribution in [0.25, 0.3) is 10.2 Å². The number of benzene rings is 3.